The maximum Gasteiger partial charge on any atom is 0.434 e. The summed E-state index contributed by atoms with van der Waals surface area (Å²) in [5, 5.41) is 10.6. The molecule has 1 fully saturated rings. The van der Waals surface area contributed by atoms with E-state index in [1.807, 2.05) is 37.3 Å². The molecule has 1 aliphatic carbocycles. The van der Waals surface area contributed by atoms with Gasteiger partial charge in [-0.3, -0.25) is 5.21 Å². The van der Waals surface area contributed by atoms with Crippen LogP contribution in [-0.2, 0) is 11.3 Å². The lowest BCUT2D eigenvalue weighted by Crippen LogP contribution is -2.39. The summed E-state index contributed by atoms with van der Waals surface area (Å²) < 4.78 is 5.09. The van der Waals surface area contributed by atoms with Gasteiger partial charge in [-0.15, -0.1) is 0 Å². The summed E-state index contributed by atoms with van der Waals surface area (Å²) in [5.74, 6) is 0.333. The minimum atomic E-state index is -0.655. The average molecular weight is 249 g/mol. The van der Waals surface area contributed by atoms with E-state index in [0.717, 1.165) is 29.9 Å². The van der Waals surface area contributed by atoms with E-state index >= 15 is 0 Å². The number of rotatable bonds is 3. The van der Waals surface area contributed by atoms with Crippen molar-refractivity contribution in [2.24, 2.45) is 5.92 Å². The molecule has 98 valence electrons. The van der Waals surface area contributed by atoms with Gasteiger partial charge in [-0.25, -0.2) is 4.79 Å². The number of benzene rings is 1. The monoisotopic (exact) mass is 249 g/mol. The molecule has 1 amide bonds. The normalized spacial score (nSPS) is 22.8. The number of amides is 1. The number of hydrogen-bond donors (Lipinski definition) is 1. The quantitative estimate of drug-likeness (QED) is 0.661. The molecule has 2 atom stereocenters. The summed E-state index contributed by atoms with van der Waals surface area (Å²) in [7, 11) is 0. The van der Waals surface area contributed by atoms with E-state index in [1.54, 1.807) is 0 Å². The molecule has 0 aromatic heterocycles. The van der Waals surface area contributed by atoms with Crippen LogP contribution in [0.25, 0.3) is 0 Å². The van der Waals surface area contributed by atoms with Crippen LogP contribution < -0.4 is 0 Å². The van der Waals surface area contributed by atoms with E-state index in [4.69, 9.17) is 4.74 Å². The van der Waals surface area contributed by atoms with Crippen molar-refractivity contribution in [3.8, 4) is 0 Å². The number of hydroxylamine groups is 2. The fourth-order valence-corrected chi connectivity index (χ4v) is 2.41. The van der Waals surface area contributed by atoms with Gasteiger partial charge >= 0.3 is 6.09 Å². The van der Waals surface area contributed by atoms with E-state index in [1.165, 1.54) is 0 Å². The Labute approximate surface area is 107 Å². The zero-order valence-corrected chi connectivity index (χ0v) is 10.6. The predicted octanol–water partition coefficient (Wildman–Crippen LogP) is 3.20. The molecule has 1 aromatic carbocycles. The van der Waals surface area contributed by atoms with Gasteiger partial charge in [0.2, 0.25) is 0 Å². The molecule has 1 N–H and O–H groups in total. The second-order valence-corrected chi connectivity index (χ2v) is 4.86. The zero-order valence-electron chi connectivity index (χ0n) is 10.6. The van der Waals surface area contributed by atoms with Crippen molar-refractivity contribution in [3.05, 3.63) is 35.9 Å². The molecule has 2 unspecified atom stereocenters. The third-order valence-corrected chi connectivity index (χ3v) is 3.52. The Morgan fingerprint density at radius 1 is 1.39 bits per heavy atom. The van der Waals surface area contributed by atoms with Crippen LogP contribution in [0.3, 0.4) is 0 Å². The van der Waals surface area contributed by atoms with E-state index in [2.05, 4.69) is 0 Å². The Morgan fingerprint density at radius 3 is 2.72 bits per heavy atom. The topological polar surface area (TPSA) is 49.8 Å². The smallest absolute Gasteiger partial charge is 0.434 e. The first-order chi connectivity index (χ1) is 8.68. The molecule has 0 radical (unpaired) electrons. The fraction of sp³-hybridized carbons (Fsp3) is 0.500. The molecule has 1 aromatic rings. The minimum absolute atomic E-state index is 0.103. The third kappa shape index (κ3) is 3.01. The van der Waals surface area contributed by atoms with E-state index < -0.39 is 6.09 Å². The van der Waals surface area contributed by atoms with Gasteiger partial charge in [0.1, 0.15) is 6.61 Å². The molecule has 0 aliphatic heterocycles. The molecule has 0 heterocycles. The van der Waals surface area contributed by atoms with Crippen molar-refractivity contribution in [2.45, 2.75) is 38.8 Å². The molecular weight excluding hydrogens is 230 g/mol. The Morgan fingerprint density at radius 2 is 2.11 bits per heavy atom. The molecule has 2 rings (SSSR count). The molecule has 1 saturated carbocycles. The van der Waals surface area contributed by atoms with Gasteiger partial charge in [0.15, 0.2) is 0 Å². The van der Waals surface area contributed by atoms with Crippen LogP contribution in [0.5, 0.6) is 0 Å². The number of carbonyl (C=O) groups excluding carboxylic acids is 1. The summed E-state index contributed by atoms with van der Waals surface area (Å²) >= 11 is 0. The van der Waals surface area contributed by atoms with Crippen molar-refractivity contribution in [1.82, 2.24) is 5.06 Å². The first-order valence-electron chi connectivity index (χ1n) is 6.37. The van der Waals surface area contributed by atoms with Gasteiger partial charge < -0.3 is 4.74 Å². The van der Waals surface area contributed by atoms with Crippen molar-refractivity contribution in [3.63, 3.8) is 0 Å². The van der Waals surface area contributed by atoms with Gasteiger partial charge in [-0.05, 0) is 24.3 Å². The van der Waals surface area contributed by atoms with Crippen LogP contribution in [-0.4, -0.2) is 22.4 Å². The third-order valence-electron chi connectivity index (χ3n) is 3.52. The van der Waals surface area contributed by atoms with Crippen LogP contribution >= 0.6 is 0 Å². The summed E-state index contributed by atoms with van der Waals surface area (Å²) in [4.78, 5) is 11.7. The van der Waals surface area contributed by atoms with Crippen LogP contribution in [0.1, 0.15) is 31.7 Å². The lowest BCUT2D eigenvalue weighted by atomic mass is 10.1. The highest BCUT2D eigenvalue weighted by Gasteiger charge is 2.32. The maximum absolute atomic E-state index is 11.7. The van der Waals surface area contributed by atoms with Crippen molar-refractivity contribution < 1.29 is 14.7 Å². The summed E-state index contributed by atoms with van der Waals surface area (Å²) in [6.07, 6.45) is 2.29. The number of carbonyl (C=O) groups is 1. The average Bonchev–Trinajstić information content (AvgIpc) is 2.82. The van der Waals surface area contributed by atoms with E-state index in [9.17, 15) is 10.0 Å². The summed E-state index contributed by atoms with van der Waals surface area (Å²) in [6.45, 7) is 2.24. The second kappa shape index (κ2) is 5.87. The van der Waals surface area contributed by atoms with Crippen LogP contribution in [0.2, 0.25) is 0 Å². The van der Waals surface area contributed by atoms with Crippen LogP contribution in [0.15, 0.2) is 30.3 Å². The Bertz CT molecular complexity index is 393. The predicted molar refractivity (Wildman–Crippen MR) is 67.1 cm³/mol. The molecule has 0 saturated heterocycles. The molecule has 0 bridgehead atoms. The number of nitrogens with zero attached hydrogens (tertiary/aromatic N) is 1. The lowest BCUT2D eigenvalue weighted by molar-refractivity contribution is -0.113. The van der Waals surface area contributed by atoms with Gasteiger partial charge in [-0.2, -0.15) is 5.06 Å². The van der Waals surface area contributed by atoms with Gasteiger partial charge in [-0.1, -0.05) is 43.7 Å². The first-order valence-corrected chi connectivity index (χ1v) is 6.37. The van der Waals surface area contributed by atoms with Gasteiger partial charge in [0, 0.05) is 0 Å². The highest BCUT2D eigenvalue weighted by atomic mass is 16.6. The van der Waals surface area contributed by atoms with Crippen molar-refractivity contribution in [2.75, 3.05) is 0 Å². The van der Waals surface area contributed by atoms with E-state index in [-0.39, 0.29) is 12.6 Å². The van der Waals surface area contributed by atoms with Crippen LogP contribution in [0, 0.1) is 5.92 Å². The van der Waals surface area contributed by atoms with E-state index in [0.29, 0.717) is 5.92 Å². The Balaban J connectivity index is 1.84. The molecule has 4 heteroatoms. The zero-order chi connectivity index (χ0) is 13.0. The highest BCUT2D eigenvalue weighted by Crippen LogP contribution is 2.28. The number of ether oxygens (including phenoxy) is 1. The Kier molecular flexibility index (Phi) is 4.20. The summed E-state index contributed by atoms with van der Waals surface area (Å²) in [5.41, 5.74) is 0.915. The first kappa shape index (κ1) is 12.9. The number of hydrogen-bond acceptors (Lipinski definition) is 3. The molecule has 1 aliphatic rings. The maximum atomic E-state index is 11.7. The minimum Gasteiger partial charge on any atom is -0.443 e. The second-order valence-electron chi connectivity index (χ2n) is 4.86. The largest absolute Gasteiger partial charge is 0.443 e. The molecule has 0 spiro atoms. The molecular formula is C14H19NO3. The van der Waals surface area contributed by atoms with Crippen molar-refractivity contribution >= 4 is 6.09 Å². The fourth-order valence-electron chi connectivity index (χ4n) is 2.41. The van der Waals surface area contributed by atoms with Crippen LogP contribution in [0.4, 0.5) is 4.79 Å². The summed E-state index contributed by atoms with van der Waals surface area (Å²) in [6, 6.07) is 9.34. The van der Waals surface area contributed by atoms with Crippen molar-refractivity contribution in [1.29, 1.82) is 0 Å². The van der Waals surface area contributed by atoms with Gasteiger partial charge in [0.05, 0.1) is 6.04 Å². The SMILES string of the molecule is CC1CCCC1N(O)C(=O)OCc1ccccc1. The molecule has 18 heavy (non-hydrogen) atoms. The highest BCUT2D eigenvalue weighted by molar-refractivity contribution is 5.66. The lowest BCUT2D eigenvalue weighted by Gasteiger charge is -2.24. The standard InChI is InChI=1S/C14H19NO3/c1-11-6-5-9-13(11)15(17)14(16)18-10-12-7-3-2-4-8-12/h2-4,7-8,11,13,17H,5-6,9-10H2,1H3. The Hall–Kier alpha value is -1.55. The van der Waals surface area contributed by atoms with Gasteiger partial charge in [0.25, 0.3) is 0 Å². The molecule has 4 nitrogen and oxygen atoms in total.